The molecule has 0 atom stereocenters. The van der Waals surface area contributed by atoms with Crippen molar-refractivity contribution >= 4 is 17.5 Å². The largest absolute Gasteiger partial charge is 0.305 e. The highest BCUT2D eigenvalue weighted by Gasteiger charge is 2.15. The minimum atomic E-state index is 0.114. The van der Waals surface area contributed by atoms with Gasteiger partial charge in [-0.1, -0.05) is 59.8 Å². The number of thioether (sulfide) groups is 1. The van der Waals surface area contributed by atoms with Crippen LogP contribution in [0.15, 0.2) is 47.6 Å². The van der Waals surface area contributed by atoms with Crippen molar-refractivity contribution in [1.82, 2.24) is 14.8 Å². The Bertz CT molecular complexity index is 930. The van der Waals surface area contributed by atoms with Crippen molar-refractivity contribution in [1.29, 1.82) is 0 Å². The number of aryl methyl sites for hydroxylation is 3. The lowest BCUT2D eigenvalue weighted by Crippen LogP contribution is -2.06. The normalized spacial score (nSPS) is 10.9. The van der Waals surface area contributed by atoms with Crippen molar-refractivity contribution in [2.75, 3.05) is 5.75 Å². The van der Waals surface area contributed by atoms with Crippen LogP contribution in [0, 0.1) is 20.8 Å². The lowest BCUT2D eigenvalue weighted by atomic mass is 10.0. The Kier molecular flexibility index (Phi) is 5.04. The molecule has 0 aliphatic heterocycles. The summed E-state index contributed by atoms with van der Waals surface area (Å²) in [6.45, 7) is 6.06. The topological polar surface area (TPSA) is 47.8 Å². The maximum atomic E-state index is 12.5. The van der Waals surface area contributed by atoms with E-state index in [-0.39, 0.29) is 5.78 Å². The SMILES string of the molecule is Cc1ccc(C(=O)CSc2nnc(-c3ccccc3C)n2C)c(C)c1. The fourth-order valence-electron chi connectivity index (χ4n) is 2.83. The number of aromatic nitrogens is 3. The number of hydrogen-bond donors (Lipinski definition) is 0. The summed E-state index contributed by atoms with van der Waals surface area (Å²) in [5, 5.41) is 9.31. The van der Waals surface area contributed by atoms with Gasteiger partial charge in [-0.05, 0) is 31.9 Å². The molecule has 1 heterocycles. The molecule has 0 aliphatic carbocycles. The Morgan fingerprint density at radius 1 is 1.04 bits per heavy atom. The fraction of sp³-hybridized carbons (Fsp3) is 0.250. The molecular formula is C20H21N3OS. The van der Waals surface area contributed by atoms with Crippen molar-refractivity contribution < 1.29 is 4.79 Å². The number of nitrogens with zero attached hydrogens (tertiary/aromatic N) is 3. The summed E-state index contributed by atoms with van der Waals surface area (Å²) in [5.74, 6) is 1.28. The summed E-state index contributed by atoms with van der Waals surface area (Å²) in [6, 6.07) is 14.0. The third-order valence-corrected chi connectivity index (χ3v) is 5.26. The number of ketones is 1. The van der Waals surface area contributed by atoms with Gasteiger partial charge in [0.1, 0.15) is 0 Å². The lowest BCUT2D eigenvalue weighted by molar-refractivity contribution is 0.102. The van der Waals surface area contributed by atoms with E-state index in [1.54, 1.807) is 0 Å². The Labute approximate surface area is 152 Å². The predicted molar refractivity (Wildman–Crippen MR) is 102 cm³/mol. The zero-order valence-corrected chi connectivity index (χ0v) is 15.7. The molecule has 128 valence electrons. The number of hydrogen-bond acceptors (Lipinski definition) is 4. The van der Waals surface area contributed by atoms with Gasteiger partial charge in [0.25, 0.3) is 0 Å². The average molecular weight is 351 g/mol. The zero-order chi connectivity index (χ0) is 18.0. The monoisotopic (exact) mass is 351 g/mol. The van der Waals surface area contributed by atoms with Gasteiger partial charge in [-0.2, -0.15) is 0 Å². The van der Waals surface area contributed by atoms with Gasteiger partial charge in [0.2, 0.25) is 0 Å². The molecule has 0 amide bonds. The van der Waals surface area contributed by atoms with E-state index in [0.29, 0.717) is 5.75 Å². The smallest absolute Gasteiger partial charge is 0.191 e. The van der Waals surface area contributed by atoms with Gasteiger partial charge in [-0.15, -0.1) is 10.2 Å². The third-order valence-electron chi connectivity index (χ3n) is 4.24. The minimum Gasteiger partial charge on any atom is -0.305 e. The standard InChI is InChI=1S/C20H21N3OS/c1-13-9-10-16(15(3)11-13)18(24)12-25-20-22-21-19(23(20)4)17-8-6-5-7-14(17)2/h5-11H,12H2,1-4H3. The van der Waals surface area contributed by atoms with Crippen LogP contribution in [0.1, 0.15) is 27.0 Å². The molecule has 0 radical (unpaired) electrons. The van der Waals surface area contributed by atoms with Crippen molar-refractivity contribution in [3.05, 3.63) is 64.7 Å². The first-order valence-electron chi connectivity index (χ1n) is 8.16. The molecule has 0 N–H and O–H groups in total. The molecule has 0 bridgehead atoms. The quantitative estimate of drug-likeness (QED) is 0.505. The van der Waals surface area contributed by atoms with E-state index in [4.69, 9.17) is 0 Å². The maximum absolute atomic E-state index is 12.5. The van der Waals surface area contributed by atoms with Crippen LogP contribution in [0.3, 0.4) is 0 Å². The molecule has 0 saturated heterocycles. The number of carbonyl (C=O) groups is 1. The van der Waals surface area contributed by atoms with Crippen LogP contribution in [-0.4, -0.2) is 26.3 Å². The Balaban J connectivity index is 1.76. The van der Waals surface area contributed by atoms with Gasteiger partial charge in [0, 0.05) is 18.2 Å². The Hall–Kier alpha value is -2.40. The van der Waals surface area contributed by atoms with E-state index in [0.717, 1.165) is 38.8 Å². The number of rotatable bonds is 5. The zero-order valence-electron chi connectivity index (χ0n) is 14.9. The average Bonchev–Trinajstić information content (AvgIpc) is 2.94. The molecule has 4 nitrogen and oxygen atoms in total. The van der Waals surface area contributed by atoms with Crippen LogP contribution in [0.5, 0.6) is 0 Å². The van der Waals surface area contributed by atoms with E-state index < -0.39 is 0 Å². The summed E-state index contributed by atoms with van der Waals surface area (Å²) in [6.07, 6.45) is 0. The molecule has 1 aromatic heterocycles. The van der Waals surface area contributed by atoms with Gasteiger partial charge in [-0.3, -0.25) is 4.79 Å². The molecule has 5 heteroatoms. The predicted octanol–water partition coefficient (Wildman–Crippen LogP) is 4.38. The minimum absolute atomic E-state index is 0.114. The summed E-state index contributed by atoms with van der Waals surface area (Å²) in [4.78, 5) is 12.5. The number of Topliss-reactive ketones (excluding diaryl/α,β-unsaturated/α-hetero) is 1. The molecule has 2 aromatic carbocycles. The summed E-state index contributed by atoms with van der Waals surface area (Å²) in [7, 11) is 1.94. The van der Waals surface area contributed by atoms with E-state index in [9.17, 15) is 4.79 Å². The Morgan fingerprint density at radius 3 is 2.52 bits per heavy atom. The van der Waals surface area contributed by atoms with E-state index in [1.165, 1.54) is 11.8 Å². The second-order valence-electron chi connectivity index (χ2n) is 6.21. The highest BCUT2D eigenvalue weighted by molar-refractivity contribution is 7.99. The third kappa shape index (κ3) is 3.66. The first kappa shape index (κ1) is 17.4. The highest BCUT2D eigenvalue weighted by atomic mass is 32.2. The summed E-state index contributed by atoms with van der Waals surface area (Å²) >= 11 is 1.42. The number of benzene rings is 2. The lowest BCUT2D eigenvalue weighted by Gasteiger charge is -2.07. The van der Waals surface area contributed by atoms with E-state index in [1.807, 2.05) is 61.9 Å². The first-order valence-corrected chi connectivity index (χ1v) is 9.14. The van der Waals surface area contributed by atoms with Crippen LogP contribution < -0.4 is 0 Å². The van der Waals surface area contributed by atoms with Gasteiger partial charge in [-0.25, -0.2) is 0 Å². The molecule has 0 aliphatic rings. The first-order chi connectivity index (χ1) is 12.0. The fourth-order valence-corrected chi connectivity index (χ4v) is 3.63. The van der Waals surface area contributed by atoms with Crippen molar-refractivity contribution in [2.24, 2.45) is 7.05 Å². The molecule has 0 spiro atoms. The molecule has 3 aromatic rings. The van der Waals surface area contributed by atoms with E-state index in [2.05, 4.69) is 23.2 Å². The summed E-state index contributed by atoms with van der Waals surface area (Å²) in [5.41, 5.74) is 5.17. The molecular weight excluding hydrogens is 330 g/mol. The second kappa shape index (κ2) is 7.23. The van der Waals surface area contributed by atoms with Crippen LogP contribution in [0.4, 0.5) is 0 Å². The molecule has 0 saturated carbocycles. The van der Waals surface area contributed by atoms with Crippen molar-refractivity contribution in [2.45, 2.75) is 25.9 Å². The molecule has 0 unspecified atom stereocenters. The van der Waals surface area contributed by atoms with E-state index >= 15 is 0 Å². The Morgan fingerprint density at radius 2 is 1.80 bits per heavy atom. The summed E-state index contributed by atoms with van der Waals surface area (Å²) < 4.78 is 1.95. The van der Waals surface area contributed by atoms with Gasteiger partial charge in [0.05, 0.1) is 5.75 Å². The van der Waals surface area contributed by atoms with Gasteiger partial charge < -0.3 is 4.57 Å². The van der Waals surface area contributed by atoms with Crippen LogP contribution in [0.2, 0.25) is 0 Å². The van der Waals surface area contributed by atoms with Gasteiger partial charge in [0.15, 0.2) is 16.8 Å². The van der Waals surface area contributed by atoms with Crippen LogP contribution >= 0.6 is 11.8 Å². The van der Waals surface area contributed by atoms with Crippen molar-refractivity contribution in [3.8, 4) is 11.4 Å². The number of carbonyl (C=O) groups excluding carboxylic acids is 1. The molecule has 3 rings (SSSR count). The van der Waals surface area contributed by atoms with Crippen LogP contribution in [0.25, 0.3) is 11.4 Å². The van der Waals surface area contributed by atoms with Gasteiger partial charge >= 0.3 is 0 Å². The van der Waals surface area contributed by atoms with Crippen LogP contribution in [-0.2, 0) is 7.05 Å². The molecule has 0 fully saturated rings. The second-order valence-corrected chi connectivity index (χ2v) is 7.15. The highest BCUT2D eigenvalue weighted by Crippen LogP contribution is 2.25. The van der Waals surface area contributed by atoms with Crippen molar-refractivity contribution in [3.63, 3.8) is 0 Å². The molecule has 25 heavy (non-hydrogen) atoms. The maximum Gasteiger partial charge on any atom is 0.191 e.